The first-order valence-corrected chi connectivity index (χ1v) is 9.82. The highest BCUT2D eigenvalue weighted by atomic mass is 16.2. The number of aromatic nitrogens is 2. The second kappa shape index (κ2) is 7.98. The summed E-state index contributed by atoms with van der Waals surface area (Å²) < 4.78 is 1.90. The van der Waals surface area contributed by atoms with Crippen LogP contribution < -0.4 is 5.32 Å². The fourth-order valence-corrected chi connectivity index (χ4v) is 4.39. The number of aryl methyl sites for hydroxylation is 1. The number of carbonyl (C=O) groups excluding carboxylic acids is 2. The summed E-state index contributed by atoms with van der Waals surface area (Å²) in [7, 11) is 5.72. The topological polar surface area (TPSA) is 73.7 Å². The number of imidazole rings is 1. The van der Waals surface area contributed by atoms with Gasteiger partial charge in [0, 0.05) is 39.9 Å². The van der Waals surface area contributed by atoms with Gasteiger partial charge in [-0.05, 0) is 39.8 Å². The smallest absolute Gasteiger partial charge is 0.271 e. The van der Waals surface area contributed by atoms with Crippen LogP contribution in [-0.2, 0) is 11.3 Å². The molecule has 1 aromatic rings. The van der Waals surface area contributed by atoms with Crippen molar-refractivity contribution in [2.45, 2.75) is 44.3 Å². The Balaban J connectivity index is 1.71. The second-order valence-corrected chi connectivity index (χ2v) is 8.03. The van der Waals surface area contributed by atoms with Gasteiger partial charge < -0.3 is 14.8 Å². The SMILES string of the molecule is CCn1cnc(C(=O)NC2CCN(C)C23CCCN(CC(=O)N(C)C)C3)c1. The largest absolute Gasteiger partial charge is 0.348 e. The van der Waals surface area contributed by atoms with E-state index >= 15 is 0 Å². The molecule has 2 unspecified atom stereocenters. The maximum absolute atomic E-state index is 12.7. The number of likely N-dealkylation sites (N-methyl/N-ethyl adjacent to an activating group) is 2. The van der Waals surface area contributed by atoms with E-state index in [9.17, 15) is 9.59 Å². The molecule has 3 heterocycles. The number of nitrogens with zero attached hydrogens (tertiary/aromatic N) is 5. The maximum Gasteiger partial charge on any atom is 0.271 e. The van der Waals surface area contributed by atoms with Crippen LogP contribution in [0.5, 0.6) is 0 Å². The molecule has 150 valence electrons. The first kappa shape index (κ1) is 19.8. The molecule has 0 aliphatic carbocycles. The minimum atomic E-state index is -0.117. The van der Waals surface area contributed by atoms with Gasteiger partial charge in [0.05, 0.1) is 24.5 Å². The lowest BCUT2D eigenvalue weighted by Gasteiger charge is -2.47. The molecule has 1 spiro atoms. The fraction of sp³-hybridized carbons (Fsp3) is 0.737. The highest BCUT2D eigenvalue weighted by molar-refractivity contribution is 5.92. The van der Waals surface area contributed by atoms with Crippen LogP contribution in [-0.4, -0.2) is 95.0 Å². The van der Waals surface area contributed by atoms with Crippen molar-refractivity contribution in [3.05, 3.63) is 18.2 Å². The summed E-state index contributed by atoms with van der Waals surface area (Å²) in [6, 6.07) is 0.0686. The molecule has 2 fully saturated rings. The van der Waals surface area contributed by atoms with Gasteiger partial charge in [0.25, 0.3) is 5.91 Å². The molecule has 0 bridgehead atoms. The normalized spacial score (nSPS) is 26.4. The lowest BCUT2D eigenvalue weighted by atomic mass is 9.82. The average molecular weight is 377 g/mol. The maximum atomic E-state index is 12.7. The Morgan fingerprint density at radius 1 is 1.37 bits per heavy atom. The van der Waals surface area contributed by atoms with Gasteiger partial charge in [-0.25, -0.2) is 4.98 Å². The Kier molecular flexibility index (Phi) is 5.86. The predicted octanol–water partition coefficient (Wildman–Crippen LogP) is 0.260. The zero-order valence-electron chi connectivity index (χ0n) is 16.9. The first-order valence-electron chi connectivity index (χ1n) is 9.82. The van der Waals surface area contributed by atoms with Crippen molar-refractivity contribution in [3.63, 3.8) is 0 Å². The van der Waals surface area contributed by atoms with E-state index in [1.54, 1.807) is 31.5 Å². The van der Waals surface area contributed by atoms with E-state index in [1.165, 1.54) is 0 Å². The van der Waals surface area contributed by atoms with Gasteiger partial charge >= 0.3 is 0 Å². The van der Waals surface area contributed by atoms with Crippen LogP contribution in [0.25, 0.3) is 0 Å². The summed E-state index contributed by atoms with van der Waals surface area (Å²) in [5, 5.41) is 3.24. The fourth-order valence-electron chi connectivity index (χ4n) is 4.39. The average Bonchev–Trinajstić information content (AvgIpc) is 3.23. The molecule has 27 heavy (non-hydrogen) atoms. The van der Waals surface area contributed by atoms with Crippen molar-refractivity contribution < 1.29 is 9.59 Å². The van der Waals surface area contributed by atoms with Crippen LogP contribution in [0.1, 0.15) is 36.7 Å². The first-order chi connectivity index (χ1) is 12.9. The molecule has 8 nitrogen and oxygen atoms in total. The zero-order valence-corrected chi connectivity index (χ0v) is 16.9. The lowest BCUT2D eigenvalue weighted by Crippen LogP contribution is -2.64. The Hall–Kier alpha value is -1.93. The molecule has 2 amide bonds. The molecule has 1 N–H and O–H groups in total. The van der Waals surface area contributed by atoms with Crippen molar-refractivity contribution in [1.82, 2.24) is 29.6 Å². The van der Waals surface area contributed by atoms with Gasteiger partial charge in [-0.2, -0.15) is 0 Å². The van der Waals surface area contributed by atoms with Crippen molar-refractivity contribution in [2.24, 2.45) is 0 Å². The number of rotatable bonds is 5. The summed E-state index contributed by atoms with van der Waals surface area (Å²) in [5.41, 5.74) is 0.352. The number of amides is 2. The van der Waals surface area contributed by atoms with Crippen molar-refractivity contribution >= 4 is 11.8 Å². The number of hydrogen-bond acceptors (Lipinski definition) is 5. The van der Waals surface area contributed by atoms with Crippen LogP contribution in [0.4, 0.5) is 0 Å². The molecular formula is C19H32N6O2. The van der Waals surface area contributed by atoms with Crippen LogP contribution in [0.2, 0.25) is 0 Å². The van der Waals surface area contributed by atoms with Crippen LogP contribution in [0.3, 0.4) is 0 Å². The molecule has 0 saturated carbocycles. The van der Waals surface area contributed by atoms with E-state index in [-0.39, 0.29) is 23.4 Å². The van der Waals surface area contributed by atoms with Gasteiger partial charge in [0.2, 0.25) is 5.91 Å². The summed E-state index contributed by atoms with van der Waals surface area (Å²) in [4.78, 5) is 35.4. The summed E-state index contributed by atoms with van der Waals surface area (Å²) in [6.45, 7) is 5.93. The summed E-state index contributed by atoms with van der Waals surface area (Å²) in [6.07, 6.45) is 6.48. The molecular weight excluding hydrogens is 344 g/mol. The number of likely N-dealkylation sites (tertiary alicyclic amines) is 2. The number of nitrogens with one attached hydrogen (secondary N) is 1. The summed E-state index contributed by atoms with van der Waals surface area (Å²) >= 11 is 0. The Bertz CT molecular complexity index is 687. The van der Waals surface area contributed by atoms with Crippen LogP contribution >= 0.6 is 0 Å². The Morgan fingerprint density at radius 3 is 2.81 bits per heavy atom. The Morgan fingerprint density at radius 2 is 2.15 bits per heavy atom. The van der Waals surface area contributed by atoms with E-state index in [2.05, 4.69) is 27.1 Å². The minimum absolute atomic E-state index is 0.0686. The highest BCUT2D eigenvalue weighted by Gasteiger charge is 2.50. The van der Waals surface area contributed by atoms with Crippen molar-refractivity contribution in [3.8, 4) is 0 Å². The molecule has 2 aliphatic heterocycles. The third-order valence-electron chi connectivity index (χ3n) is 6.14. The molecule has 2 atom stereocenters. The molecule has 0 aromatic carbocycles. The highest BCUT2D eigenvalue weighted by Crippen LogP contribution is 2.36. The molecule has 3 rings (SSSR count). The molecule has 8 heteroatoms. The molecule has 1 aromatic heterocycles. The molecule has 2 saturated heterocycles. The van der Waals surface area contributed by atoms with Gasteiger partial charge in [-0.15, -0.1) is 0 Å². The quantitative estimate of drug-likeness (QED) is 0.798. The predicted molar refractivity (Wildman–Crippen MR) is 104 cm³/mol. The standard InChI is InChI=1S/C19H32N6O2/c1-5-24-11-15(20-14-24)18(27)21-16-7-10-23(4)19(16)8-6-9-25(13-19)12-17(26)22(2)3/h11,14,16H,5-10,12-13H2,1-4H3,(H,21,27). The number of piperidine rings is 1. The third kappa shape index (κ3) is 4.01. The van der Waals surface area contributed by atoms with Gasteiger partial charge in [0.1, 0.15) is 5.69 Å². The third-order valence-corrected chi connectivity index (χ3v) is 6.14. The van der Waals surface area contributed by atoms with Gasteiger partial charge in [0.15, 0.2) is 0 Å². The number of hydrogen-bond donors (Lipinski definition) is 1. The Labute approximate surface area is 161 Å². The molecule has 2 aliphatic rings. The molecule has 0 radical (unpaired) electrons. The van der Waals surface area contributed by atoms with Crippen LogP contribution in [0.15, 0.2) is 12.5 Å². The van der Waals surface area contributed by atoms with E-state index in [0.29, 0.717) is 12.2 Å². The monoisotopic (exact) mass is 376 g/mol. The second-order valence-electron chi connectivity index (χ2n) is 8.03. The van der Waals surface area contributed by atoms with Crippen molar-refractivity contribution in [1.29, 1.82) is 0 Å². The minimum Gasteiger partial charge on any atom is -0.348 e. The summed E-state index contributed by atoms with van der Waals surface area (Å²) in [5.74, 6) is 0.0155. The zero-order chi connectivity index (χ0) is 19.6. The van der Waals surface area contributed by atoms with E-state index in [0.717, 1.165) is 45.4 Å². The van der Waals surface area contributed by atoms with Gasteiger partial charge in [-0.1, -0.05) is 0 Å². The van der Waals surface area contributed by atoms with Crippen LogP contribution in [0, 0.1) is 0 Å². The van der Waals surface area contributed by atoms with E-state index in [1.807, 2.05) is 11.5 Å². The van der Waals surface area contributed by atoms with Gasteiger partial charge in [-0.3, -0.25) is 19.4 Å². The number of carbonyl (C=O) groups is 2. The van der Waals surface area contributed by atoms with E-state index < -0.39 is 0 Å². The van der Waals surface area contributed by atoms with Crippen molar-refractivity contribution in [2.75, 3.05) is 47.3 Å². The lowest BCUT2D eigenvalue weighted by molar-refractivity contribution is -0.130. The van der Waals surface area contributed by atoms with E-state index in [4.69, 9.17) is 0 Å².